The molecule has 134 valence electrons. The number of hydrogen-bond donors (Lipinski definition) is 1. The summed E-state index contributed by atoms with van der Waals surface area (Å²) in [6.07, 6.45) is 2.91. The van der Waals surface area contributed by atoms with Gasteiger partial charge in [0.15, 0.2) is 0 Å². The summed E-state index contributed by atoms with van der Waals surface area (Å²) in [5.74, 6) is -1.13. The van der Waals surface area contributed by atoms with Crippen LogP contribution in [0.2, 0.25) is 0 Å². The van der Waals surface area contributed by atoms with Crippen LogP contribution in [0.25, 0.3) is 22.0 Å². The standard InChI is InChI=1S/C20H19NO4S/c1-13(12-26(2,24)25)17-10-15-7-4-8-21-19(15)18(11-17)14-5-3-6-16(9-14)20(22)23/h3-11,13H,12H2,1-2H3,(H,22,23). The molecule has 0 fully saturated rings. The Balaban J connectivity index is 2.20. The minimum absolute atomic E-state index is 0.0490. The smallest absolute Gasteiger partial charge is 0.335 e. The maximum Gasteiger partial charge on any atom is 0.335 e. The molecule has 0 spiro atoms. The first-order chi connectivity index (χ1) is 12.2. The number of carboxylic acids is 1. The van der Waals surface area contributed by atoms with E-state index >= 15 is 0 Å². The molecule has 6 heteroatoms. The van der Waals surface area contributed by atoms with E-state index in [0.29, 0.717) is 0 Å². The van der Waals surface area contributed by atoms with E-state index in [0.717, 1.165) is 27.6 Å². The number of pyridine rings is 1. The molecule has 2 aromatic carbocycles. The highest BCUT2D eigenvalue weighted by Crippen LogP contribution is 2.32. The highest BCUT2D eigenvalue weighted by molar-refractivity contribution is 7.90. The van der Waals surface area contributed by atoms with Gasteiger partial charge >= 0.3 is 5.97 Å². The maximum atomic E-state index is 11.7. The van der Waals surface area contributed by atoms with Gasteiger partial charge in [0.05, 0.1) is 16.8 Å². The summed E-state index contributed by atoms with van der Waals surface area (Å²) in [5, 5.41) is 10.1. The van der Waals surface area contributed by atoms with Gasteiger partial charge in [0.1, 0.15) is 9.84 Å². The lowest BCUT2D eigenvalue weighted by Crippen LogP contribution is -2.10. The minimum atomic E-state index is -3.11. The first kappa shape index (κ1) is 18.1. The molecule has 26 heavy (non-hydrogen) atoms. The van der Waals surface area contributed by atoms with Crippen molar-refractivity contribution in [1.82, 2.24) is 4.98 Å². The SMILES string of the molecule is CC(CS(C)(=O)=O)c1cc(-c2cccc(C(=O)O)c2)c2ncccc2c1. The van der Waals surface area contributed by atoms with Crippen LogP contribution < -0.4 is 0 Å². The monoisotopic (exact) mass is 369 g/mol. The molecule has 1 heterocycles. The van der Waals surface area contributed by atoms with Crippen molar-refractivity contribution >= 4 is 26.7 Å². The fourth-order valence-corrected chi connectivity index (χ4v) is 4.19. The largest absolute Gasteiger partial charge is 0.478 e. The maximum absolute atomic E-state index is 11.7. The number of nitrogens with zero attached hydrogens (tertiary/aromatic N) is 1. The summed E-state index contributed by atoms with van der Waals surface area (Å²) in [7, 11) is -3.11. The lowest BCUT2D eigenvalue weighted by Gasteiger charge is -2.15. The second kappa shape index (κ2) is 6.88. The van der Waals surface area contributed by atoms with Crippen LogP contribution in [0.15, 0.2) is 54.7 Å². The van der Waals surface area contributed by atoms with Gasteiger partial charge in [-0.25, -0.2) is 13.2 Å². The van der Waals surface area contributed by atoms with Gasteiger partial charge in [0.25, 0.3) is 0 Å². The summed E-state index contributed by atoms with van der Waals surface area (Å²) in [6, 6.07) is 14.3. The third-order valence-corrected chi connectivity index (χ3v) is 5.38. The Kier molecular flexibility index (Phi) is 4.78. The zero-order valence-electron chi connectivity index (χ0n) is 14.5. The van der Waals surface area contributed by atoms with Gasteiger partial charge in [0, 0.05) is 23.4 Å². The molecule has 0 bridgehead atoms. The predicted octanol–water partition coefficient (Wildman–Crippen LogP) is 3.75. The number of carbonyl (C=O) groups is 1. The van der Waals surface area contributed by atoms with E-state index in [1.807, 2.05) is 37.3 Å². The first-order valence-corrected chi connectivity index (χ1v) is 10.2. The van der Waals surface area contributed by atoms with E-state index in [9.17, 15) is 18.3 Å². The molecule has 0 aliphatic carbocycles. The van der Waals surface area contributed by atoms with Crippen LogP contribution in [0.1, 0.15) is 28.8 Å². The van der Waals surface area contributed by atoms with E-state index in [-0.39, 0.29) is 17.2 Å². The summed E-state index contributed by atoms with van der Waals surface area (Å²) < 4.78 is 23.4. The molecule has 0 amide bonds. The fraction of sp³-hybridized carbons (Fsp3) is 0.200. The zero-order valence-corrected chi connectivity index (χ0v) is 15.3. The van der Waals surface area contributed by atoms with Gasteiger partial charge < -0.3 is 5.11 Å². The van der Waals surface area contributed by atoms with Crippen molar-refractivity contribution in [3.63, 3.8) is 0 Å². The van der Waals surface area contributed by atoms with Gasteiger partial charge in [-0.3, -0.25) is 4.98 Å². The molecular formula is C20H19NO4S. The summed E-state index contributed by atoms with van der Waals surface area (Å²) in [6.45, 7) is 1.87. The highest BCUT2D eigenvalue weighted by Gasteiger charge is 2.16. The van der Waals surface area contributed by atoms with Crippen molar-refractivity contribution < 1.29 is 18.3 Å². The lowest BCUT2D eigenvalue weighted by molar-refractivity contribution is 0.0697. The highest BCUT2D eigenvalue weighted by atomic mass is 32.2. The number of benzene rings is 2. The molecule has 0 aliphatic heterocycles. The van der Waals surface area contributed by atoms with E-state index in [1.54, 1.807) is 18.3 Å². The molecule has 0 saturated carbocycles. The van der Waals surface area contributed by atoms with Gasteiger partial charge in [-0.15, -0.1) is 0 Å². The third-order valence-electron chi connectivity index (χ3n) is 4.27. The fourth-order valence-electron chi connectivity index (χ4n) is 3.09. The molecular weight excluding hydrogens is 350 g/mol. The molecule has 3 aromatic rings. The van der Waals surface area contributed by atoms with Crippen LogP contribution in [0, 0.1) is 0 Å². The number of rotatable bonds is 5. The first-order valence-electron chi connectivity index (χ1n) is 8.15. The van der Waals surface area contributed by atoms with Crippen molar-refractivity contribution in [3.05, 3.63) is 65.9 Å². The van der Waals surface area contributed by atoms with E-state index < -0.39 is 15.8 Å². The molecule has 1 aromatic heterocycles. The van der Waals surface area contributed by atoms with Crippen LogP contribution in [0.3, 0.4) is 0 Å². The van der Waals surface area contributed by atoms with Crippen LogP contribution >= 0.6 is 0 Å². The van der Waals surface area contributed by atoms with Gasteiger partial charge in [-0.2, -0.15) is 0 Å². The van der Waals surface area contributed by atoms with E-state index in [4.69, 9.17) is 0 Å². The van der Waals surface area contributed by atoms with Gasteiger partial charge in [-0.1, -0.05) is 25.1 Å². The Morgan fingerprint density at radius 3 is 2.62 bits per heavy atom. The quantitative estimate of drug-likeness (QED) is 0.740. The van der Waals surface area contributed by atoms with Crippen molar-refractivity contribution in [3.8, 4) is 11.1 Å². The molecule has 1 N–H and O–H groups in total. The van der Waals surface area contributed by atoms with Crippen molar-refractivity contribution in [1.29, 1.82) is 0 Å². The molecule has 3 rings (SSSR count). The minimum Gasteiger partial charge on any atom is -0.478 e. The molecule has 0 aliphatic rings. The van der Waals surface area contributed by atoms with Gasteiger partial charge in [0.2, 0.25) is 0 Å². The molecule has 0 saturated heterocycles. The van der Waals surface area contributed by atoms with Gasteiger partial charge in [-0.05, 0) is 47.4 Å². The molecule has 5 nitrogen and oxygen atoms in total. The summed E-state index contributed by atoms with van der Waals surface area (Å²) >= 11 is 0. The Morgan fingerprint density at radius 2 is 1.92 bits per heavy atom. The number of aromatic carboxylic acids is 1. The number of aromatic nitrogens is 1. The molecule has 1 unspecified atom stereocenters. The topological polar surface area (TPSA) is 84.3 Å². The average Bonchev–Trinajstić information content (AvgIpc) is 2.59. The zero-order chi connectivity index (χ0) is 18.9. The third kappa shape index (κ3) is 3.91. The van der Waals surface area contributed by atoms with Crippen LogP contribution in [-0.2, 0) is 9.84 Å². The Bertz CT molecular complexity index is 1090. The number of sulfone groups is 1. The number of fused-ring (bicyclic) bond motifs is 1. The predicted molar refractivity (Wildman–Crippen MR) is 102 cm³/mol. The van der Waals surface area contributed by atoms with Crippen molar-refractivity contribution in [2.45, 2.75) is 12.8 Å². The Hall–Kier alpha value is -2.73. The van der Waals surface area contributed by atoms with Crippen LogP contribution in [0.5, 0.6) is 0 Å². The summed E-state index contributed by atoms with van der Waals surface area (Å²) in [5.41, 5.74) is 3.36. The van der Waals surface area contributed by atoms with Crippen molar-refractivity contribution in [2.24, 2.45) is 0 Å². The lowest BCUT2D eigenvalue weighted by atomic mass is 9.93. The Labute approximate surface area is 152 Å². The van der Waals surface area contributed by atoms with Crippen molar-refractivity contribution in [2.75, 3.05) is 12.0 Å². The second-order valence-electron chi connectivity index (χ2n) is 6.52. The van der Waals surface area contributed by atoms with Crippen LogP contribution in [0.4, 0.5) is 0 Å². The van der Waals surface area contributed by atoms with Crippen LogP contribution in [-0.4, -0.2) is 36.5 Å². The number of hydrogen-bond acceptors (Lipinski definition) is 4. The second-order valence-corrected chi connectivity index (χ2v) is 8.71. The molecule has 0 radical (unpaired) electrons. The Morgan fingerprint density at radius 1 is 1.15 bits per heavy atom. The normalized spacial score (nSPS) is 12.8. The molecule has 1 atom stereocenters. The average molecular weight is 369 g/mol. The van der Waals surface area contributed by atoms with E-state index in [1.165, 1.54) is 12.3 Å². The number of carboxylic acid groups (broad SMARTS) is 1. The summed E-state index contributed by atoms with van der Waals surface area (Å²) in [4.78, 5) is 15.7. The van der Waals surface area contributed by atoms with E-state index in [2.05, 4.69) is 4.98 Å².